The smallest absolute Gasteiger partial charge is 0.419 e. The van der Waals surface area contributed by atoms with Gasteiger partial charge in [-0.25, -0.2) is 9.97 Å². The molecule has 1 aromatic heterocycles. The minimum absolute atomic E-state index is 0.0846. The zero-order chi connectivity index (χ0) is 23.4. The number of halogens is 3. The Morgan fingerprint density at radius 1 is 1.00 bits per heavy atom. The third-order valence-electron chi connectivity index (χ3n) is 5.56. The summed E-state index contributed by atoms with van der Waals surface area (Å²) in [5, 5.41) is 9.40. The molecule has 0 radical (unpaired) electrons. The maximum atomic E-state index is 13.5. The van der Waals surface area contributed by atoms with Crippen LogP contribution >= 0.6 is 0 Å². The maximum absolute atomic E-state index is 13.5. The zero-order valence-electron chi connectivity index (χ0n) is 18.0. The fourth-order valence-corrected chi connectivity index (χ4v) is 3.86. The highest BCUT2D eigenvalue weighted by Crippen LogP contribution is 2.38. The highest BCUT2D eigenvalue weighted by Gasteiger charge is 2.34. The first-order chi connectivity index (χ1) is 15.9. The van der Waals surface area contributed by atoms with Crippen molar-refractivity contribution >= 4 is 5.82 Å². The van der Waals surface area contributed by atoms with Crippen LogP contribution in [0.5, 0.6) is 5.75 Å². The number of aromatic nitrogens is 2. The first kappa shape index (κ1) is 22.6. The van der Waals surface area contributed by atoms with Gasteiger partial charge in [0.2, 0.25) is 5.82 Å². The van der Waals surface area contributed by atoms with E-state index in [1.54, 1.807) is 6.07 Å². The molecule has 2 aromatic carbocycles. The third-order valence-corrected chi connectivity index (χ3v) is 5.56. The number of piperazine rings is 1. The molecule has 33 heavy (non-hydrogen) atoms. The van der Waals surface area contributed by atoms with E-state index < -0.39 is 11.7 Å². The van der Waals surface area contributed by atoms with E-state index in [1.807, 2.05) is 29.2 Å². The molecule has 0 unspecified atom stereocenters. The number of hydrogen-bond donors (Lipinski definition) is 0. The number of rotatable bonds is 5. The largest absolute Gasteiger partial charge is 0.496 e. The van der Waals surface area contributed by atoms with Crippen molar-refractivity contribution in [3.8, 4) is 23.1 Å². The molecule has 3 aromatic rings. The van der Waals surface area contributed by atoms with Gasteiger partial charge < -0.3 is 9.64 Å². The monoisotopic (exact) mass is 453 g/mol. The standard InChI is InChI=1S/C24H22F3N5O/c1-33-21-8-7-18(13-19(21)24(25,26)27)20-14-23(30-22(15-28)29-20)32-11-9-31(10-12-32)16-17-5-3-2-4-6-17/h2-8,13-14H,9-12,16H2,1H3. The Bertz CT molecular complexity index is 1150. The van der Waals surface area contributed by atoms with Crippen molar-refractivity contribution in [3.05, 3.63) is 71.5 Å². The summed E-state index contributed by atoms with van der Waals surface area (Å²) in [7, 11) is 1.19. The van der Waals surface area contributed by atoms with Crippen LogP contribution in [0, 0.1) is 11.3 Å². The van der Waals surface area contributed by atoms with Crippen LogP contribution in [0.1, 0.15) is 17.0 Å². The van der Waals surface area contributed by atoms with Crippen LogP contribution < -0.4 is 9.64 Å². The second-order valence-electron chi connectivity index (χ2n) is 7.71. The molecule has 0 aliphatic carbocycles. The minimum atomic E-state index is -4.58. The van der Waals surface area contributed by atoms with Gasteiger partial charge in [0, 0.05) is 44.4 Å². The lowest BCUT2D eigenvalue weighted by Crippen LogP contribution is -2.46. The molecular formula is C24H22F3N5O. The molecule has 1 saturated heterocycles. The molecule has 0 bridgehead atoms. The average Bonchev–Trinajstić information content (AvgIpc) is 2.84. The highest BCUT2D eigenvalue weighted by molar-refractivity contribution is 5.66. The van der Waals surface area contributed by atoms with Gasteiger partial charge in [0.15, 0.2) is 0 Å². The predicted octanol–water partition coefficient (Wildman–Crippen LogP) is 4.36. The summed E-state index contributed by atoms with van der Waals surface area (Å²) in [5.41, 5.74) is 0.847. The first-order valence-electron chi connectivity index (χ1n) is 10.4. The second-order valence-corrected chi connectivity index (χ2v) is 7.71. The van der Waals surface area contributed by atoms with Gasteiger partial charge in [-0.15, -0.1) is 0 Å². The van der Waals surface area contributed by atoms with Crippen LogP contribution in [0.2, 0.25) is 0 Å². The second kappa shape index (κ2) is 9.46. The highest BCUT2D eigenvalue weighted by atomic mass is 19.4. The summed E-state index contributed by atoms with van der Waals surface area (Å²) in [6.07, 6.45) is -4.58. The van der Waals surface area contributed by atoms with Gasteiger partial charge in [-0.3, -0.25) is 4.90 Å². The molecule has 2 heterocycles. The number of methoxy groups -OCH3 is 1. The summed E-state index contributed by atoms with van der Waals surface area (Å²) in [4.78, 5) is 12.8. The van der Waals surface area contributed by atoms with E-state index in [-0.39, 0.29) is 22.8 Å². The fraction of sp³-hybridized carbons (Fsp3) is 0.292. The van der Waals surface area contributed by atoms with E-state index in [4.69, 9.17) is 4.74 Å². The topological polar surface area (TPSA) is 65.3 Å². The molecule has 0 amide bonds. The van der Waals surface area contributed by atoms with Crippen LogP contribution in [0.3, 0.4) is 0 Å². The summed E-state index contributed by atoms with van der Waals surface area (Å²) in [6.45, 7) is 3.82. The van der Waals surface area contributed by atoms with E-state index in [2.05, 4.69) is 27.0 Å². The van der Waals surface area contributed by atoms with Crippen molar-refractivity contribution in [1.29, 1.82) is 5.26 Å². The summed E-state index contributed by atoms with van der Waals surface area (Å²) < 4.78 is 45.2. The van der Waals surface area contributed by atoms with Gasteiger partial charge in [0.25, 0.3) is 0 Å². The molecule has 1 aliphatic heterocycles. The Balaban J connectivity index is 1.57. The number of nitriles is 1. The zero-order valence-corrected chi connectivity index (χ0v) is 18.0. The van der Waals surface area contributed by atoms with Gasteiger partial charge in [0.05, 0.1) is 18.4 Å². The van der Waals surface area contributed by atoms with E-state index in [9.17, 15) is 18.4 Å². The minimum Gasteiger partial charge on any atom is -0.496 e. The van der Waals surface area contributed by atoms with Crippen molar-refractivity contribution in [3.63, 3.8) is 0 Å². The molecule has 0 atom stereocenters. The van der Waals surface area contributed by atoms with Gasteiger partial charge in [-0.2, -0.15) is 18.4 Å². The molecule has 170 valence electrons. The molecule has 0 spiro atoms. The number of alkyl halides is 3. The first-order valence-corrected chi connectivity index (χ1v) is 10.4. The molecule has 6 nitrogen and oxygen atoms in total. The average molecular weight is 453 g/mol. The van der Waals surface area contributed by atoms with E-state index in [1.165, 1.54) is 24.8 Å². The molecule has 1 fully saturated rings. The lowest BCUT2D eigenvalue weighted by molar-refractivity contribution is -0.138. The van der Waals surface area contributed by atoms with Crippen molar-refractivity contribution in [2.24, 2.45) is 0 Å². The SMILES string of the molecule is COc1ccc(-c2cc(N3CCN(Cc4ccccc4)CC3)nc(C#N)n2)cc1C(F)(F)F. The predicted molar refractivity (Wildman–Crippen MR) is 118 cm³/mol. The van der Waals surface area contributed by atoms with Gasteiger partial charge >= 0.3 is 6.18 Å². The molecule has 0 N–H and O–H groups in total. The quantitative estimate of drug-likeness (QED) is 0.572. The van der Waals surface area contributed by atoms with Crippen molar-refractivity contribution in [2.75, 3.05) is 38.2 Å². The normalized spacial score (nSPS) is 14.7. The third kappa shape index (κ3) is 5.23. The Kier molecular flexibility index (Phi) is 6.47. The Hall–Kier alpha value is -3.64. The number of anilines is 1. The van der Waals surface area contributed by atoms with Crippen molar-refractivity contribution < 1.29 is 17.9 Å². The van der Waals surface area contributed by atoms with Crippen LogP contribution in [0.15, 0.2) is 54.6 Å². The van der Waals surface area contributed by atoms with Crippen LogP contribution in [0.4, 0.5) is 19.0 Å². The number of nitrogens with zero attached hydrogens (tertiary/aromatic N) is 5. The maximum Gasteiger partial charge on any atom is 0.419 e. The summed E-state index contributed by atoms with van der Waals surface area (Å²) >= 11 is 0. The Labute approximate surface area is 189 Å². The van der Waals surface area contributed by atoms with Gasteiger partial charge in [0.1, 0.15) is 17.6 Å². The molecule has 4 rings (SSSR count). The van der Waals surface area contributed by atoms with Crippen molar-refractivity contribution in [1.82, 2.24) is 14.9 Å². The van der Waals surface area contributed by atoms with Crippen LogP contribution in [-0.4, -0.2) is 48.2 Å². The number of ether oxygens (including phenoxy) is 1. The molecule has 1 aliphatic rings. The Morgan fingerprint density at radius 3 is 2.36 bits per heavy atom. The molecule has 9 heteroatoms. The lowest BCUT2D eigenvalue weighted by atomic mass is 10.1. The number of hydrogen-bond acceptors (Lipinski definition) is 6. The van der Waals surface area contributed by atoms with E-state index >= 15 is 0 Å². The van der Waals surface area contributed by atoms with E-state index in [0.717, 1.165) is 25.7 Å². The van der Waals surface area contributed by atoms with Crippen LogP contribution in [0.25, 0.3) is 11.3 Å². The van der Waals surface area contributed by atoms with Crippen molar-refractivity contribution in [2.45, 2.75) is 12.7 Å². The Morgan fingerprint density at radius 2 is 1.73 bits per heavy atom. The fourth-order valence-electron chi connectivity index (χ4n) is 3.86. The molecule has 0 saturated carbocycles. The van der Waals surface area contributed by atoms with E-state index in [0.29, 0.717) is 18.9 Å². The molecular weight excluding hydrogens is 431 g/mol. The van der Waals surface area contributed by atoms with Gasteiger partial charge in [-0.1, -0.05) is 30.3 Å². The van der Waals surface area contributed by atoms with Gasteiger partial charge in [-0.05, 0) is 23.8 Å². The summed E-state index contributed by atoms with van der Waals surface area (Å²) in [6, 6.07) is 17.5. The lowest BCUT2D eigenvalue weighted by Gasteiger charge is -2.35. The van der Waals surface area contributed by atoms with Crippen LogP contribution in [-0.2, 0) is 12.7 Å². The number of benzene rings is 2. The summed E-state index contributed by atoms with van der Waals surface area (Å²) in [5.74, 6) is 0.175.